The molecule has 0 aliphatic heterocycles. The van der Waals surface area contributed by atoms with Gasteiger partial charge >= 0.3 is 5.97 Å². The summed E-state index contributed by atoms with van der Waals surface area (Å²) in [4.78, 5) is 16.6. The van der Waals surface area contributed by atoms with Crippen LogP contribution in [0.2, 0.25) is 5.02 Å². The first-order valence-corrected chi connectivity index (χ1v) is 15.6. The van der Waals surface area contributed by atoms with Crippen molar-refractivity contribution in [3.63, 3.8) is 0 Å². The summed E-state index contributed by atoms with van der Waals surface area (Å²) < 4.78 is 1.69. The zero-order valence-electron chi connectivity index (χ0n) is 23.8. The van der Waals surface area contributed by atoms with Crippen LogP contribution in [0.1, 0.15) is 47.4 Å². The van der Waals surface area contributed by atoms with Gasteiger partial charge in [-0.05, 0) is 77.4 Å². The van der Waals surface area contributed by atoms with Crippen LogP contribution in [0.4, 0.5) is 0 Å². The van der Waals surface area contributed by atoms with E-state index in [2.05, 4.69) is 64.1 Å². The van der Waals surface area contributed by atoms with Gasteiger partial charge in [-0.15, -0.1) is 5.10 Å². The number of carboxylic acid groups (broad SMARTS) is 1. The van der Waals surface area contributed by atoms with Gasteiger partial charge in [0.15, 0.2) is 5.82 Å². The molecular formula is C33H34ClN5O2S. The summed E-state index contributed by atoms with van der Waals surface area (Å²) in [5.41, 5.74) is 6.58. The van der Waals surface area contributed by atoms with Crippen LogP contribution in [0, 0.1) is 5.92 Å². The van der Waals surface area contributed by atoms with Crippen molar-refractivity contribution in [1.82, 2.24) is 25.2 Å². The molecule has 2 heterocycles. The van der Waals surface area contributed by atoms with E-state index in [4.69, 9.17) is 16.6 Å². The Balaban J connectivity index is 1.34. The van der Waals surface area contributed by atoms with Crippen molar-refractivity contribution in [3.8, 4) is 11.4 Å². The summed E-state index contributed by atoms with van der Waals surface area (Å²) in [5, 5.41) is 23.6. The van der Waals surface area contributed by atoms with Crippen LogP contribution in [0.5, 0.6) is 0 Å². The van der Waals surface area contributed by atoms with E-state index in [9.17, 15) is 9.90 Å². The molecule has 9 heteroatoms. The molecule has 216 valence electrons. The van der Waals surface area contributed by atoms with Crippen LogP contribution in [0.15, 0.2) is 78.9 Å². The number of carboxylic acids is 1. The van der Waals surface area contributed by atoms with E-state index in [-0.39, 0.29) is 11.2 Å². The smallest absolute Gasteiger partial charge is 0.307 e. The highest BCUT2D eigenvalue weighted by atomic mass is 35.5. The first-order valence-electron chi connectivity index (χ1n) is 14.2. The Kier molecular flexibility index (Phi) is 9.87. The number of rotatable bonds is 13. The number of nitrogens with zero attached hydrogens (tertiary/aromatic N) is 5. The molecule has 42 heavy (non-hydrogen) atoms. The van der Waals surface area contributed by atoms with Crippen LogP contribution >= 0.6 is 23.4 Å². The fourth-order valence-corrected chi connectivity index (χ4v) is 6.77. The lowest BCUT2D eigenvalue weighted by Gasteiger charge is -2.21. The molecule has 0 aliphatic carbocycles. The van der Waals surface area contributed by atoms with E-state index in [1.165, 1.54) is 16.7 Å². The van der Waals surface area contributed by atoms with Gasteiger partial charge in [0.1, 0.15) is 0 Å². The first kappa shape index (κ1) is 29.7. The van der Waals surface area contributed by atoms with Gasteiger partial charge in [-0.2, -0.15) is 11.8 Å². The number of halogens is 1. The molecule has 2 atom stereocenters. The minimum Gasteiger partial charge on any atom is -0.481 e. The second kappa shape index (κ2) is 13.9. The lowest BCUT2D eigenvalue weighted by atomic mass is 9.97. The molecule has 1 N–H and O–H groups in total. The van der Waals surface area contributed by atoms with Crippen molar-refractivity contribution < 1.29 is 9.90 Å². The SMILES string of the molecule is CCC(CSC(CCc1ccccc1-c1nnnn1C)c1cccc(CCc2ccc3ccc(Cl)cc3n2)c1)C(=O)O. The van der Waals surface area contributed by atoms with E-state index in [0.717, 1.165) is 53.7 Å². The van der Waals surface area contributed by atoms with Crippen LogP contribution < -0.4 is 0 Å². The topological polar surface area (TPSA) is 93.8 Å². The van der Waals surface area contributed by atoms with Crippen LogP contribution in [0.3, 0.4) is 0 Å². The van der Waals surface area contributed by atoms with Crippen molar-refractivity contribution in [3.05, 3.63) is 106 Å². The van der Waals surface area contributed by atoms with Crippen molar-refractivity contribution in [1.29, 1.82) is 0 Å². The summed E-state index contributed by atoms with van der Waals surface area (Å²) in [5.74, 6) is 0.198. The Labute approximate surface area is 255 Å². The quantitative estimate of drug-likeness (QED) is 0.151. The van der Waals surface area contributed by atoms with Gasteiger partial charge in [0.05, 0.1) is 11.4 Å². The summed E-state index contributed by atoms with van der Waals surface area (Å²) in [6.07, 6.45) is 3.97. The largest absolute Gasteiger partial charge is 0.481 e. The summed E-state index contributed by atoms with van der Waals surface area (Å²) in [6.45, 7) is 1.94. The maximum Gasteiger partial charge on any atom is 0.307 e. The number of thioether (sulfide) groups is 1. The zero-order valence-corrected chi connectivity index (χ0v) is 25.4. The van der Waals surface area contributed by atoms with Crippen molar-refractivity contribution in [2.24, 2.45) is 13.0 Å². The molecule has 7 nitrogen and oxygen atoms in total. The van der Waals surface area contributed by atoms with Crippen molar-refractivity contribution >= 4 is 40.2 Å². The van der Waals surface area contributed by atoms with Crippen LogP contribution in [-0.4, -0.2) is 42.0 Å². The van der Waals surface area contributed by atoms with Gasteiger partial charge in [-0.3, -0.25) is 9.78 Å². The molecule has 0 saturated carbocycles. The number of fused-ring (bicyclic) bond motifs is 1. The maximum atomic E-state index is 11.8. The van der Waals surface area contributed by atoms with E-state index >= 15 is 0 Å². The molecule has 0 amide bonds. The summed E-state index contributed by atoms with van der Waals surface area (Å²) in [7, 11) is 1.84. The molecule has 0 radical (unpaired) electrons. The Morgan fingerprint density at radius 3 is 2.62 bits per heavy atom. The molecule has 5 aromatic rings. The fourth-order valence-electron chi connectivity index (χ4n) is 5.14. The maximum absolute atomic E-state index is 11.8. The number of hydrogen-bond acceptors (Lipinski definition) is 6. The third-order valence-electron chi connectivity index (χ3n) is 7.60. The molecule has 0 aliphatic rings. The third kappa shape index (κ3) is 7.36. The van der Waals surface area contributed by atoms with Gasteiger partial charge in [-0.25, -0.2) is 4.68 Å². The minimum atomic E-state index is -0.734. The van der Waals surface area contributed by atoms with Gasteiger partial charge in [0.25, 0.3) is 0 Å². The number of aliphatic carboxylic acids is 1. The number of tetrazole rings is 1. The Morgan fingerprint density at radius 1 is 1.00 bits per heavy atom. The Hall–Kier alpha value is -3.75. The normalized spacial score (nSPS) is 12.8. The lowest BCUT2D eigenvalue weighted by Crippen LogP contribution is -2.16. The highest BCUT2D eigenvalue weighted by Gasteiger charge is 2.21. The Bertz CT molecular complexity index is 1670. The number of hydrogen-bond donors (Lipinski definition) is 1. The number of carbonyl (C=O) groups is 1. The summed E-state index contributed by atoms with van der Waals surface area (Å²) in [6, 6.07) is 26.9. The second-order valence-corrected chi connectivity index (χ2v) is 12.1. The highest BCUT2D eigenvalue weighted by Crippen LogP contribution is 2.37. The predicted molar refractivity (Wildman–Crippen MR) is 170 cm³/mol. The molecule has 2 aromatic heterocycles. The third-order valence-corrected chi connectivity index (χ3v) is 9.34. The molecule has 2 unspecified atom stereocenters. The second-order valence-electron chi connectivity index (χ2n) is 10.5. The molecule has 0 saturated heterocycles. The molecule has 0 bridgehead atoms. The van der Waals surface area contributed by atoms with E-state index in [0.29, 0.717) is 17.2 Å². The average Bonchev–Trinajstić information content (AvgIpc) is 3.43. The molecule has 0 fully saturated rings. The fraction of sp³-hybridized carbons (Fsp3) is 0.303. The predicted octanol–water partition coefficient (Wildman–Crippen LogP) is 7.38. The highest BCUT2D eigenvalue weighted by molar-refractivity contribution is 7.99. The number of aryl methyl sites for hydroxylation is 4. The van der Waals surface area contributed by atoms with E-state index in [1.807, 2.05) is 44.3 Å². The van der Waals surface area contributed by atoms with Gasteiger partial charge in [0.2, 0.25) is 0 Å². The first-order chi connectivity index (χ1) is 20.4. The number of benzene rings is 3. The number of pyridine rings is 1. The lowest BCUT2D eigenvalue weighted by molar-refractivity contribution is -0.140. The van der Waals surface area contributed by atoms with Crippen molar-refractivity contribution in [2.45, 2.75) is 44.3 Å². The van der Waals surface area contributed by atoms with Crippen LogP contribution in [0.25, 0.3) is 22.3 Å². The van der Waals surface area contributed by atoms with Gasteiger partial charge < -0.3 is 5.11 Å². The van der Waals surface area contributed by atoms with Crippen molar-refractivity contribution in [2.75, 3.05) is 5.75 Å². The molecule has 3 aromatic carbocycles. The van der Waals surface area contributed by atoms with Gasteiger partial charge in [-0.1, -0.05) is 79.2 Å². The standard InChI is InChI=1S/C33H34ClN5O2S/c1-3-23(33(40)41)21-42-31(18-14-24-8-4-5-10-29(24)32-36-37-38-39(32)2)26-9-6-7-22(19-26)11-16-28-17-13-25-12-15-27(34)20-30(25)35-28/h4-10,12-13,15,17,19-20,23,31H,3,11,14,16,18,21H2,1-2H3,(H,40,41). The zero-order chi connectivity index (χ0) is 29.5. The number of aromatic nitrogens is 5. The van der Waals surface area contributed by atoms with E-state index in [1.54, 1.807) is 16.4 Å². The monoisotopic (exact) mass is 599 g/mol. The molecular weight excluding hydrogens is 566 g/mol. The van der Waals surface area contributed by atoms with Gasteiger partial charge in [0, 0.05) is 39.7 Å². The minimum absolute atomic E-state index is 0.143. The average molecular weight is 600 g/mol. The molecule has 0 spiro atoms. The van der Waals surface area contributed by atoms with Crippen LogP contribution in [-0.2, 0) is 31.1 Å². The van der Waals surface area contributed by atoms with E-state index < -0.39 is 5.97 Å². The summed E-state index contributed by atoms with van der Waals surface area (Å²) >= 11 is 7.92. The Morgan fingerprint density at radius 2 is 1.83 bits per heavy atom. The molecule has 5 rings (SSSR count).